The zero-order chi connectivity index (χ0) is 12.0. The first-order valence-corrected chi connectivity index (χ1v) is 5.65. The van der Waals surface area contributed by atoms with Gasteiger partial charge in [0.05, 0.1) is 6.54 Å². The first kappa shape index (κ1) is 12.7. The third-order valence-corrected chi connectivity index (χ3v) is 2.33. The van der Waals surface area contributed by atoms with Crippen molar-refractivity contribution in [1.29, 1.82) is 0 Å². The summed E-state index contributed by atoms with van der Waals surface area (Å²) in [6, 6.07) is 9.99. The van der Waals surface area contributed by atoms with Crippen molar-refractivity contribution < 1.29 is 4.79 Å². The first-order valence-electron chi connectivity index (χ1n) is 5.65. The first-order chi connectivity index (χ1) is 7.63. The van der Waals surface area contributed by atoms with Crippen LogP contribution in [-0.4, -0.2) is 23.9 Å². The monoisotopic (exact) mass is 220 g/mol. The molecule has 0 aromatic heterocycles. The van der Waals surface area contributed by atoms with Crippen molar-refractivity contribution in [2.75, 3.05) is 13.1 Å². The number of rotatable bonds is 5. The summed E-state index contributed by atoms with van der Waals surface area (Å²) in [5.41, 5.74) is 6.55. The van der Waals surface area contributed by atoms with E-state index in [-0.39, 0.29) is 12.5 Å². The molecule has 0 radical (unpaired) electrons. The summed E-state index contributed by atoms with van der Waals surface area (Å²) in [5, 5.41) is 0. The molecule has 0 unspecified atom stereocenters. The van der Waals surface area contributed by atoms with E-state index in [0.717, 1.165) is 12.1 Å². The fourth-order valence-electron chi connectivity index (χ4n) is 1.63. The predicted octanol–water partition coefficient (Wildman–Crippen LogP) is 1.63. The lowest BCUT2D eigenvalue weighted by atomic mass is 10.1. The molecule has 0 aliphatic rings. The summed E-state index contributed by atoms with van der Waals surface area (Å²) in [7, 11) is 0. The van der Waals surface area contributed by atoms with E-state index in [9.17, 15) is 4.79 Å². The van der Waals surface area contributed by atoms with Crippen LogP contribution in [0.15, 0.2) is 30.3 Å². The molecule has 0 saturated carbocycles. The van der Waals surface area contributed by atoms with Gasteiger partial charge in [0.2, 0.25) is 5.91 Å². The topological polar surface area (TPSA) is 46.3 Å². The molecule has 88 valence electrons. The summed E-state index contributed by atoms with van der Waals surface area (Å²) in [5.74, 6) is 0.469. The second-order valence-corrected chi connectivity index (χ2v) is 4.36. The molecule has 0 aliphatic heterocycles. The highest BCUT2D eigenvalue weighted by Gasteiger charge is 2.13. The van der Waals surface area contributed by atoms with E-state index in [1.807, 2.05) is 35.2 Å². The van der Waals surface area contributed by atoms with Gasteiger partial charge in [0, 0.05) is 13.1 Å². The third kappa shape index (κ3) is 4.03. The van der Waals surface area contributed by atoms with Crippen molar-refractivity contribution >= 4 is 5.91 Å². The minimum Gasteiger partial charge on any atom is -0.337 e. The van der Waals surface area contributed by atoms with Gasteiger partial charge in [0.25, 0.3) is 0 Å². The van der Waals surface area contributed by atoms with Gasteiger partial charge in [-0.25, -0.2) is 0 Å². The van der Waals surface area contributed by atoms with Crippen molar-refractivity contribution in [3.05, 3.63) is 35.9 Å². The van der Waals surface area contributed by atoms with Crippen LogP contribution < -0.4 is 5.73 Å². The van der Waals surface area contributed by atoms with E-state index in [1.54, 1.807) is 0 Å². The van der Waals surface area contributed by atoms with Gasteiger partial charge >= 0.3 is 0 Å². The Hall–Kier alpha value is -1.35. The molecule has 0 bridgehead atoms. The standard InChI is InChI=1S/C13H20N2O/c1-11(2)9-15(13(16)8-14)10-12-6-4-3-5-7-12/h3-7,11H,8-10,14H2,1-2H3. The smallest absolute Gasteiger partial charge is 0.236 e. The SMILES string of the molecule is CC(C)CN(Cc1ccccc1)C(=O)CN. The Balaban J connectivity index is 2.67. The zero-order valence-corrected chi connectivity index (χ0v) is 10.0. The summed E-state index contributed by atoms with van der Waals surface area (Å²) in [4.78, 5) is 13.5. The lowest BCUT2D eigenvalue weighted by Gasteiger charge is -2.24. The van der Waals surface area contributed by atoms with Crippen molar-refractivity contribution in [3.63, 3.8) is 0 Å². The van der Waals surface area contributed by atoms with Crippen molar-refractivity contribution in [2.45, 2.75) is 20.4 Å². The highest BCUT2D eigenvalue weighted by atomic mass is 16.2. The molecule has 1 aromatic carbocycles. The highest BCUT2D eigenvalue weighted by Crippen LogP contribution is 2.07. The largest absolute Gasteiger partial charge is 0.337 e. The Morgan fingerprint density at radius 1 is 1.31 bits per heavy atom. The van der Waals surface area contributed by atoms with Crippen LogP contribution in [0, 0.1) is 5.92 Å². The van der Waals surface area contributed by atoms with Gasteiger partial charge < -0.3 is 10.6 Å². The molecule has 0 heterocycles. The number of nitrogens with zero attached hydrogens (tertiary/aromatic N) is 1. The number of benzene rings is 1. The number of hydrogen-bond acceptors (Lipinski definition) is 2. The van der Waals surface area contributed by atoms with E-state index in [4.69, 9.17) is 5.73 Å². The van der Waals surface area contributed by atoms with Gasteiger partial charge in [-0.15, -0.1) is 0 Å². The second-order valence-electron chi connectivity index (χ2n) is 4.36. The lowest BCUT2D eigenvalue weighted by molar-refractivity contribution is -0.130. The van der Waals surface area contributed by atoms with Gasteiger partial charge in [-0.1, -0.05) is 44.2 Å². The molecular weight excluding hydrogens is 200 g/mol. The molecule has 1 rings (SSSR count). The van der Waals surface area contributed by atoms with Crippen LogP contribution in [0.1, 0.15) is 19.4 Å². The molecule has 0 aliphatic carbocycles. The Labute approximate surface area is 97.2 Å². The van der Waals surface area contributed by atoms with Crippen LogP contribution in [0.2, 0.25) is 0 Å². The third-order valence-electron chi connectivity index (χ3n) is 2.33. The van der Waals surface area contributed by atoms with Crippen molar-refractivity contribution in [3.8, 4) is 0 Å². The van der Waals surface area contributed by atoms with Gasteiger partial charge in [0.1, 0.15) is 0 Å². The van der Waals surface area contributed by atoms with Gasteiger partial charge in [-0.2, -0.15) is 0 Å². The minimum absolute atomic E-state index is 0.0116. The molecule has 0 fully saturated rings. The fourth-order valence-corrected chi connectivity index (χ4v) is 1.63. The molecular formula is C13H20N2O. The van der Waals surface area contributed by atoms with Gasteiger partial charge in [-0.3, -0.25) is 4.79 Å². The van der Waals surface area contributed by atoms with Crippen LogP contribution in [0.5, 0.6) is 0 Å². The average molecular weight is 220 g/mol. The van der Waals surface area contributed by atoms with E-state index < -0.39 is 0 Å². The molecule has 0 atom stereocenters. The highest BCUT2D eigenvalue weighted by molar-refractivity contribution is 5.78. The normalized spacial score (nSPS) is 10.5. The van der Waals surface area contributed by atoms with Crippen LogP contribution in [-0.2, 0) is 11.3 Å². The predicted molar refractivity (Wildman–Crippen MR) is 65.8 cm³/mol. The summed E-state index contributed by atoms with van der Waals surface area (Å²) in [6.45, 7) is 5.68. The summed E-state index contributed by atoms with van der Waals surface area (Å²) >= 11 is 0. The molecule has 1 amide bonds. The maximum atomic E-state index is 11.7. The quantitative estimate of drug-likeness (QED) is 0.819. The van der Waals surface area contributed by atoms with Crippen molar-refractivity contribution in [1.82, 2.24) is 4.90 Å². The molecule has 3 heteroatoms. The zero-order valence-electron chi connectivity index (χ0n) is 10.0. The number of amides is 1. The number of carbonyl (C=O) groups is 1. The molecule has 0 spiro atoms. The maximum Gasteiger partial charge on any atom is 0.236 e. The van der Waals surface area contributed by atoms with Crippen LogP contribution in [0.3, 0.4) is 0 Å². The summed E-state index contributed by atoms with van der Waals surface area (Å²) < 4.78 is 0. The minimum atomic E-state index is 0.0116. The van der Waals surface area contributed by atoms with Gasteiger partial charge in [-0.05, 0) is 11.5 Å². The molecule has 3 nitrogen and oxygen atoms in total. The molecule has 2 N–H and O–H groups in total. The Morgan fingerprint density at radius 3 is 2.44 bits per heavy atom. The van der Waals surface area contributed by atoms with E-state index >= 15 is 0 Å². The lowest BCUT2D eigenvalue weighted by Crippen LogP contribution is -2.37. The van der Waals surface area contributed by atoms with Crippen LogP contribution in [0.4, 0.5) is 0 Å². The summed E-state index contributed by atoms with van der Waals surface area (Å²) in [6.07, 6.45) is 0. The Kier molecular flexibility index (Phi) is 4.99. The van der Waals surface area contributed by atoms with E-state index in [2.05, 4.69) is 13.8 Å². The van der Waals surface area contributed by atoms with Crippen LogP contribution in [0.25, 0.3) is 0 Å². The fraction of sp³-hybridized carbons (Fsp3) is 0.462. The number of carbonyl (C=O) groups excluding carboxylic acids is 1. The second kappa shape index (κ2) is 6.28. The van der Waals surface area contributed by atoms with Crippen molar-refractivity contribution in [2.24, 2.45) is 11.7 Å². The molecule has 16 heavy (non-hydrogen) atoms. The van der Waals surface area contributed by atoms with E-state index in [0.29, 0.717) is 12.5 Å². The maximum absolute atomic E-state index is 11.7. The Bertz CT molecular complexity index is 322. The Morgan fingerprint density at radius 2 is 1.94 bits per heavy atom. The molecule has 0 saturated heterocycles. The average Bonchev–Trinajstić information content (AvgIpc) is 2.28. The van der Waals surface area contributed by atoms with Crippen LogP contribution >= 0.6 is 0 Å². The van der Waals surface area contributed by atoms with E-state index in [1.165, 1.54) is 0 Å². The number of hydrogen-bond donors (Lipinski definition) is 1. The van der Waals surface area contributed by atoms with Gasteiger partial charge in [0.15, 0.2) is 0 Å². The molecule has 1 aromatic rings. The number of nitrogens with two attached hydrogens (primary N) is 1.